The van der Waals surface area contributed by atoms with Gasteiger partial charge in [-0.3, -0.25) is 0 Å². The highest BCUT2D eigenvalue weighted by atomic mass is 19.1. The number of amidine groups is 1. The lowest BCUT2D eigenvalue weighted by Crippen LogP contribution is -2.27. The number of aliphatic imine (C=N–C) groups is 2. The summed E-state index contributed by atoms with van der Waals surface area (Å²) in [6.07, 6.45) is 1.43. The zero-order valence-corrected chi connectivity index (χ0v) is 15.3. The van der Waals surface area contributed by atoms with Gasteiger partial charge in [0.25, 0.3) is 0 Å². The minimum atomic E-state index is -0.808. The van der Waals surface area contributed by atoms with Gasteiger partial charge in [-0.15, -0.1) is 0 Å². The van der Waals surface area contributed by atoms with Crippen LogP contribution < -0.4 is 4.74 Å². The van der Waals surface area contributed by atoms with Crippen LogP contribution in [-0.2, 0) is 10.3 Å². The Hall–Kier alpha value is -3.54. The monoisotopic (exact) mass is 375 g/mol. The molecule has 0 bridgehead atoms. The third kappa shape index (κ3) is 3.03. The van der Waals surface area contributed by atoms with E-state index in [0.717, 1.165) is 16.9 Å². The van der Waals surface area contributed by atoms with Gasteiger partial charge in [-0.25, -0.2) is 15.0 Å². The Morgan fingerprint density at radius 2 is 1.93 bits per heavy atom. The van der Waals surface area contributed by atoms with Gasteiger partial charge in [-0.1, -0.05) is 30.3 Å². The average molecular weight is 375 g/mol. The maximum Gasteiger partial charge on any atom is 0.312 e. The van der Waals surface area contributed by atoms with E-state index in [9.17, 15) is 4.39 Å². The second-order valence-electron chi connectivity index (χ2n) is 6.35. The van der Waals surface area contributed by atoms with Gasteiger partial charge in [0, 0.05) is 11.8 Å². The van der Waals surface area contributed by atoms with Crippen LogP contribution >= 0.6 is 0 Å². The molecule has 0 fully saturated rings. The van der Waals surface area contributed by atoms with Crippen molar-refractivity contribution in [3.63, 3.8) is 0 Å². The van der Waals surface area contributed by atoms with Crippen LogP contribution in [0.3, 0.4) is 0 Å². The van der Waals surface area contributed by atoms with E-state index in [2.05, 4.69) is 16.7 Å². The second-order valence-corrected chi connectivity index (χ2v) is 6.35. The van der Waals surface area contributed by atoms with Crippen molar-refractivity contribution in [2.45, 2.75) is 5.54 Å². The summed E-state index contributed by atoms with van der Waals surface area (Å²) in [5.41, 5.74) is 2.11. The summed E-state index contributed by atoms with van der Waals surface area (Å²) >= 11 is 0. The van der Waals surface area contributed by atoms with Crippen LogP contribution in [0.4, 0.5) is 4.39 Å². The predicted octanol–water partition coefficient (Wildman–Crippen LogP) is 4.23. The first-order valence-corrected chi connectivity index (χ1v) is 8.71. The van der Waals surface area contributed by atoms with Gasteiger partial charge in [0.15, 0.2) is 5.54 Å². The Kier molecular flexibility index (Phi) is 4.61. The number of nitrogens with zero attached hydrogens (tertiary/aromatic N) is 3. The van der Waals surface area contributed by atoms with Crippen LogP contribution in [0.5, 0.6) is 5.75 Å². The van der Waals surface area contributed by atoms with Crippen LogP contribution in [-0.4, -0.2) is 31.4 Å². The Morgan fingerprint density at radius 1 is 1.11 bits per heavy atom. The van der Waals surface area contributed by atoms with Gasteiger partial charge in [0.2, 0.25) is 5.95 Å². The van der Waals surface area contributed by atoms with Crippen molar-refractivity contribution < 1.29 is 13.9 Å². The lowest BCUT2D eigenvalue weighted by molar-refractivity contribution is 0.279. The third-order valence-electron chi connectivity index (χ3n) is 4.81. The molecule has 1 aliphatic heterocycles. The molecule has 28 heavy (non-hydrogen) atoms. The number of methoxy groups -OCH3 is 1. The van der Waals surface area contributed by atoms with E-state index in [1.807, 2.05) is 48.5 Å². The zero-order chi connectivity index (χ0) is 19.6. The molecule has 0 saturated carbocycles. The fourth-order valence-corrected chi connectivity index (χ4v) is 3.35. The van der Waals surface area contributed by atoms with Gasteiger partial charge in [0.05, 0.1) is 7.11 Å². The van der Waals surface area contributed by atoms with Crippen molar-refractivity contribution >= 4 is 12.7 Å². The van der Waals surface area contributed by atoms with E-state index in [4.69, 9.17) is 14.5 Å². The molecular weight excluding hydrogens is 357 g/mol. The Morgan fingerprint density at radius 3 is 2.61 bits per heavy atom. The zero-order valence-electron chi connectivity index (χ0n) is 15.3. The van der Waals surface area contributed by atoms with E-state index in [1.165, 1.54) is 6.20 Å². The molecular formula is C22H18FN3O2. The fraction of sp³-hybridized carbons (Fsp3) is 0.136. The summed E-state index contributed by atoms with van der Waals surface area (Å²) < 4.78 is 25.1. The number of hydrogen-bond acceptors (Lipinski definition) is 5. The first-order chi connectivity index (χ1) is 13.7. The Bertz CT molecular complexity index is 1050. The number of halogens is 1. The van der Waals surface area contributed by atoms with Crippen LogP contribution in [0.1, 0.15) is 11.1 Å². The molecule has 0 aliphatic carbocycles. The number of benzene rings is 2. The largest absolute Gasteiger partial charge is 0.497 e. The fourth-order valence-electron chi connectivity index (χ4n) is 3.35. The maximum atomic E-state index is 14.2. The van der Waals surface area contributed by atoms with Crippen LogP contribution in [0.25, 0.3) is 11.1 Å². The molecule has 140 valence electrons. The molecule has 2 heterocycles. The van der Waals surface area contributed by atoms with Gasteiger partial charge >= 0.3 is 6.02 Å². The molecule has 0 amide bonds. The van der Waals surface area contributed by atoms with E-state index in [0.29, 0.717) is 11.1 Å². The van der Waals surface area contributed by atoms with Gasteiger partial charge in [-0.05, 0) is 53.7 Å². The van der Waals surface area contributed by atoms with E-state index < -0.39 is 11.5 Å². The standard InChI is InChI=1S/C22H18FN3O2/c1-24-21-26-22(14-28-21,16-8-10-18(27-2)11-9-16)17-6-3-5-15(13-17)19-7-4-12-25-20(19)23/h3-13H,1,14H2,2H3. The smallest absolute Gasteiger partial charge is 0.312 e. The molecule has 1 atom stereocenters. The van der Waals surface area contributed by atoms with Crippen LogP contribution in [0, 0.1) is 5.95 Å². The summed E-state index contributed by atoms with van der Waals surface area (Å²) in [6.45, 7) is 3.79. The van der Waals surface area contributed by atoms with Crippen molar-refractivity contribution in [1.82, 2.24) is 4.98 Å². The molecule has 5 nitrogen and oxygen atoms in total. The number of pyridine rings is 1. The van der Waals surface area contributed by atoms with Crippen LogP contribution in [0.15, 0.2) is 76.8 Å². The van der Waals surface area contributed by atoms with Crippen molar-refractivity contribution in [3.05, 3.63) is 83.9 Å². The highest BCUT2D eigenvalue weighted by Gasteiger charge is 2.40. The van der Waals surface area contributed by atoms with Gasteiger partial charge < -0.3 is 9.47 Å². The lowest BCUT2D eigenvalue weighted by atomic mass is 9.83. The molecule has 0 spiro atoms. The Labute approximate surface area is 162 Å². The molecule has 1 unspecified atom stereocenters. The SMILES string of the molecule is C=NC1=NC(c2ccc(OC)cc2)(c2cccc(-c3cccnc3F)c2)CO1. The first-order valence-electron chi connectivity index (χ1n) is 8.71. The minimum Gasteiger partial charge on any atom is -0.497 e. The van der Waals surface area contributed by atoms with Crippen molar-refractivity contribution in [2.75, 3.05) is 13.7 Å². The van der Waals surface area contributed by atoms with Crippen molar-refractivity contribution in [2.24, 2.45) is 9.98 Å². The van der Waals surface area contributed by atoms with E-state index in [-0.39, 0.29) is 12.6 Å². The molecule has 0 N–H and O–H groups in total. The molecule has 1 aliphatic rings. The van der Waals surface area contributed by atoms with E-state index >= 15 is 0 Å². The van der Waals surface area contributed by atoms with E-state index in [1.54, 1.807) is 19.2 Å². The topological polar surface area (TPSA) is 56.1 Å². The summed E-state index contributed by atoms with van der Waals surface area (Å²) in [6, 6.07) is 18.8. The van der Waals surface area contributed by atoms with Crippen molar-refractivity contribution in [3.8, 4) is 16.9 Å². The quantitative estimate of drug-likeness (QED) is 0.507. The number of hydrogen-bond donors (Lipinski definition) is 0. The normalized spacial score (nSPS) is 18.3. The Balaban J connectivity index is 1.86. The first kappa shape index (κ1) is 17.9. The molecule has 0 saturated heterocycles. The summed E-state index contributed by atoms with van der Waals surface area (Å²) in [5, 5.41) is 0. The summed E-state index contributed by atoms with van der Waals surface area (Å²) in [5.74, 6) is 0.229. The summed E-state index contributed by atoms with van der Waals surface area (Å²) in [4.78, 5) is 12.3. The molecule has 3 aromatic rings. The molecule has 0 radical (unpaired) electrons. The molecule has 6 heteroatoms. The van der Waals surface area contributed by atoms with Gasteiger partial charge in [0.1, 0.15) is 12.4 Å². The predicted molar refractivity (Wildman–Crippen MR) is 106 cm³/mol. The second kappa shape index (κ2) is 7.23. The summed E-state index contributed by atoms with van der Waals surface area (Å²) in [7, 11) is 1.62. The minimum absolute atomic E-state index is 0.230. The highest BCUT2D eigenvalue weighted by molar-refractivity contribution is 5.81. The van der Waals surface area contributed by atoms with Crippen molar-refractivity contribution in [1.29, 1.82) is 0 Å². The number of aromatic nitrogens is 1. The number of rotatable bonds is 4. The number of ether oxygens (including phenoxy) is 2. The third-order valence-corrected chi connectivity index (χ3v) is 4.81. The molecule has 2 aromatic carbocycles. The molecule has 1 aromatic heterocycles. The highest BCUT2D eigenvalue weighted by Crippen LogP contribution is 2.40. The maximum absolute atomic E-state index is 14.2. The lowest BCUT2D eigenvalue weighted by Gasteiger charge is -2.26. The van der Waals surface area contributed by atoms with Crippen LogP contribution in [0.2, 0.25) is 0 Å². The average Bonchev–Trinajstić information content (AvgIpc) is 3.20. The van der Waals surface area contributed by atoms with Gasteiger partial charge in [-0.2, -0.15) is 4.39 Å². The molecule has 4 rings (SSSR count).